The molecule has 148 valence electrons. The van der Waals surface area contributed by atoms with E-state index in [0.717, 1.165) is 38.5 Å². The fraction of sp³-hybridized carbons (Fsp3) is 0.250. The molecular formula is C24H21Br2NO2. The number of hydrogen-bond acceptors (Lipinski definition) is 2. The minimum Gasteiger partial charge on any atom is -0.478 e. The van der Waals surface area contributed by atoms with Gasteiger partial charge in [-0.3, -0.25) is 0 Å². The summed E-state index contributed by atoms with van der Waals surface area (Å²) < 4.78 is 1.81. The zero-order valence-corrected chi connectivity index (χ0v) is 19.7. The molecule has 2 aliphatic rings. The van der Waals surface area contributed by atoms with Crippen LogP contribution in [0.25, 0.3) is 11.1 Å². The number of rotatable bonds is 2. The maximum absolute atomic E-state index is 11.1. The highest BCUT2D eigenvalue weighted by Crippen LogP contribution is 2.36. The molecule has 4 rings (SSSR count). The first-order valence-corrected chi connectivity index (χ1v) is 11.0. The number of nitrogens with zero attached hydrogens (tertiary/aromatic N) is 1. The van der Waals surface area contributed by atoms with Gasteiger partial charge in [-0.25, -0.2) is 4.79 Å². The fourth-order valence-electron chi connectivity index (χ4n) is 3.85. The van der Waals surface area contributed by atoms with Crippen molar-refractivity contribution >= 4 is 49.0 Å². The van der Waals surface area contributed by atoms with Crippen LogP contribution in [0.4, 0.5) is 0 Å². The van der Waals surface area contributed by atoms with E-state index in [4.69, 9.17) is 10.4 Å². The van der Waals surface area contributed by atoms with Crippen LogP contribution in [0.15, 0.2) is 45.4 Å². The van der Waals surface area contributed by atoms with Crippen LogP contribution >= 0.6 is 31.9 Å². The molecule has 0 aromatic heterocycles. The van der Waals surface area contributed by atoms with Gasteiger partial charge in [0.2, 0.25) is 0 Å². The van der Waals surface area contributed by atoms with Crippen molar-refractivity contribution in [3.63, 3.8) is 0 Å². The van der Waals surface area contributed by atoms with E-state index >= 15 is 0 Å². The summed E-state index contributed by atoms with van der Waals surface area (Å²) in [6.45, 7) is 6.34. The van der Waals surface area contributed by atoms with Gasteiger partial charge < -0.3 is 5.11 Å². The van der Waals surface area contributed by atoms with Crippen molar-refractivity contribution in [3.8, 4) is 6.07 Å². The number of benzene rings is 2. The molecule has 1 N–H and O–H groups in total. The first-order chi connectivity index (χ1) is 13.7. The SMILES string of the molecule is CC(C)C1=CCc2c(C(=O)O)cc(Br)cc21.CC1=CCc2c(C#N)cc(Br)cc21. The van der Waals surface area contributed by atoms with Crippen molar-refractivity contribution in [2.75, 3.05) is 0 Å². The molecule has 0 atom stereocenters. The summed E-state index contributed by atoms with van der Waals surface area (Å²) in [7, 11) is 0. The summed E-state index contributed by atoms with van der Waals surface area (Å²) in [5.41, 5.74) is 8.13. The molecule has 2 aliphatic carbocycles. The van der Waals surface area contributed by atoms with Crippen molar-refractivity contribution in [1.29, 1.82) is 5.26 Å². The minimum atomic E-state index is -0.851. The topological polar surface area (TPSA) is 61.1 Å². The molecule has 5 heteroatoms. The van der Waals surface area contributed by atoms with E-state index in [0.29, 0.717) is 11.5 Å². The minimum absolute atomic E-state index is 0.413. The lowest BCUT2D eigenvalue weighted by Gasteiger charge is -2.11. The van der Waals surface area contributed by atoms with Crippen LogP contribution in [0.1, 0.15) is 58.9 Å². The molecule has 0 bridgehead atoms. The van der Waals surface area contributed by atoms with Crippen LogP contribution in [0.2, 0.25) is 0 Å². The van der Waals surface area contributed by atoms with Crippen LogP contribution < -0.4 is 0 Å². The van der Waals surface area contributed by atoms with Crippen LogP contribution in [-0.4, -0.2) is 11.1 Å². The Bertz CT molecular complexity index is 1100. The van der Waals surface area contributed by atoms with Crippen LogP contribution in [0, 0.1) is 17.2 Å². The largest absolute Gasteiger partial charge is 0.478 e. The van der Waals surface area contributed by atoms with Gasteiger partial charge in [0.1, 0.15) is 0 Å². The Morgan fingerprint density at radius 3 is 2.28 bits per heavy atom. The Labute approximate surface area is 188 Å². The Morgan fingerprint density at radius 2 is 1.66 bits per heavy atom. The van der Waals surface area contributed by atoms with Gasteiger partial charge in [0.15, 0.2) is 0 Å². The standard InChI is InChI=1S/C13H13BrO2.C11H8BrN/c1-7(2)9-3-4-10-11(9)5-8(14)6-12(10)13(15)16;1-7-2-3-10-8(6-13)4-9(12)5-11(7)10/h3,5-7H,4H2,1-2H3,(H,15,16);2,4-5H,3H2,1H3. The third-order valence-corrected chi connectivity index (χ3v) is 6.19. The lowest BCUT2D eigenvalue weighted by atomic mass is 9.94. The van der Waals surface area contributed by atoms with Crippen LogP contribution in [0.5, 0.6) is 0 Å². The molecule has 0 unspecified atom stereocenters. The van der Waals surface area contributed by atoms with Crippen LogP contribution in [-0.2, 0) is 12.8 Å². The van der Waals surface area contributed by atoms with E-state index in [9.17, 15) is 4.79 Å². The van der Waals surface area contributed by atoms with Gasteiger partial charge in [-0.1, -0.05) is 57.9 Å². The highest BCUT2D eigenvalue weighted by molar-refractivity contribution is 9.10. The number of aromatic carboxylic acids is 1. The van der Waals surface area contributed by atoms with Crippen molar-refractivity contribution in [2.24, 2.45) is 5.92 Å². The molecule has 0 fully saturated rings. The normalized spacial score (nSPS) is 13.7. The van der Waals surface area contributed by atoms with Gasteiger partial charge in [-0.05, 0) is 83.3 Å². The molecule has 0 saturated carbocycles. The van der Waals surface area contributed by atoms with E-state index in [1.54, 1.807) is 6.07 Å². The number of halogens is 2. The molecule has 0 aliphatic heterocycles. The van der Waals surface area contributed by atoms with E-state index < -0.39 is 5.97 Å². The number of carboxylic acids is 1. The van der Waals surface area contributed by atoms with Crippen molar-refractivity contribution in [1.82, 2.24) is 0 Å². The maximum atomic E-state index is 11.1. The molecular weight excluding hydrogens is 494 g/mol. The molecule has 29 heavy (non-hydrogen) atoms. The molecule has 0 radical (unpaired) electrons. The Balaban J connectivity index is 0.000000169. The second-order valence-electron chi connectivity index (χ2n) is 7.49. The van der Waals surface area contributed by atoms with Gasteiger partial charge in [0.25, 0.3) is 0 Å². The second-order valence-corrected chi connectivity index (χ2v) is 9.32. The number of fused-ring (bicyclic) bond motifs is 2. The molecule has 2 aromatic rings. The average molecular weight is 515 g/mol. The third kappa shape index (κ3) is 4.39. The quantitative estimate of drug-likeness (QED) is 0.468. The molecule has 0 heterocycles. The maximum Gasteiger partial charge on any atom is 0.336 e. The smallest absolute Gasteiger partial charge is 0.336 e. The monoisotopic (exact) mass is 513 g/mol. The molecule has 0 amide bonds. The summed E-state index contributed by atoms with van der Waals surface area (Å²) in [6.07, 6.45) is 5.93. The van der Waals surface area contributed by atoms with Gasteiger partial charge in [-0.2, -0.15) is 5.26 Å². The summed E-state index contributed by atoms with van der Waals surface area (Å²) in [5.74, 6) is -0.423. The van der Waals surface area contributed by atoms with Crippen molar-refractivity contribution in [2.45, 2.75) is 33.6 Å². The predicted octanol–water partition coefficient (Wildman–Crippen LogP) is 7.02. The first kappa shape index (κ1) is 21.5. The van der Waals surface area contributed by atoms with E-state index in [2.05, 4.69) is 76.9 Å². The van der Waals surface area contributed by atoms with Gasteiger partial charge in [0.05, 0.1) is 17.2 Å². The van der Waals surface area contributed by atoms with Crippen molar-refractivity contribution in [3.05, 3.63) is 78.7 Å². The lowest BCUT2D eigenvalue weighted by Crippen LogP contribution is -2.03. The Hall–Kier alpha value is -2.16. The highest BCUT2D eigenvalue weighted by Gasteiger charge is 2.22. The number of nitriles is 1. The summed E-state index contributed by atoms with van der Waals surface area (Å²) >= 11 is 6.78. The predicted molar refractivity (Wildman–Crippen MR) is 124 cm³/mol. The van der Waals surface area contributed by atoms with Gasteiger partial charge in [-0.15, -0.1) is 0 Å². The van der Waals surface area contributed by atoms with E-state index in [-0.39, 0.29) is 0 Å². The number of carbonyl (C=O) groups is 1. The average Bonchev–Trinajstić information content (AvgIpc) is 3.25. The number of allylic oxidation sites excluding steroid dienone is 4. The Kier molecular flexibility index (Phi) is 6.45. The summed E-state index contributed by atoms with van der Waals surface area (Å²) in [5, 5.41) is 18.1. The number of hydrogen-bond donors (Lipinski definition) is 1. The summed E-state index contributed by atoms with van der Waals surface area (Å²) in [6, 6.07) is 9.88. The zero-order chi connectivity index (χ0) is 21.3. The third-order valence-electron chi connectivity index (χ3n) is 5.28. The van der Waals surface area contributed by atoms with Crippen molar-refractivity contribution < 1.29 is 9.90 Å². The highest BCUT2D eigenvalue weighted by atomic mass is 79.9. The van der Waals surface area contributed by atoms with Gasteiger partial charge in [0, 0.05) is 8.95 Å². The first-order valence-electron chi connectivity index (χ1n) is 9.38. The fourth-order valence-corrected chi connectivity index (χ4v) is 4.76. The summed E-state index contributed by atoms with van der Waals surface area (Å²) in [4.78, 5) is 11.1. The molecule has 0 saturated heterocycles. The van der Waals surface area contributed by atoms with Gasteiger partial charge >= 0.3 is 5.97 Å². The second kappa shape index (κ2) is 8.69. The zero-order valence-electron chi connectivity index (χ0n) is 16.5. The molecule has 2 aromatic carbocycles. The van der Waals surface area contributed by atoms with E-state index in [1.165, 1.54) is 22.3 Å². The molecule has 3 nitrogen and oxygen atoms in total. The lowest BCUT2D eigenvalue weighted by molar-refractivity contribution is 0.0696. The van der Waals surface area contributed by atoms with Crippen LogP contribution in [0.3, 0.4) is 0 Å². The van der Waals surface area contributed by atoms with E-state index in [1.807, 2.05) is 12.1 Å². The number of carboxylic acid groups (broad SMARTS) is 1. The molecule has 0 spiro atoms. The Morgan fingerprint density at radius 1 is 1.03 bits per heavy atom.